The number of amides is 1. The topological polar surface area (TPSA) is 69.8 Å². The predicted octanol–water partition coefficient (Wildman–Crippen LogP) is 1.18. The molecular weight excluding hydrogens is 242 g/mol. The summed E-state index contributed by atoms with van der Waals surface area (Å²) in [6.45, 7) is 2.44. The van der Waals surface area contributed by atoms with Crippen LogP contribution in [-0.2, 0) is 0 Å². The zero-order valence-corrected chi connectivity index (χ0v) is 12.1. The zero-order chi connectivity index (χ0) is 14.6. The van der Waals surface area contributed by atoms with Gasteiger partial charge in [0.1, 0.15) is 0 Å². The Morgan fingerprint density at radius 3 is 2.53 bits per heavy atom. The SMILES string of the molecule is CC(O)CCN(C)c1cc(C(=O)N(C)C)ccc1N. The first-order chi connectivity index (χ1) is 8.82. The summed E-state index contributed by atoms with van der Waals surface area (Å²) in [6.07, 6.45) is 0.303. The van der Waals surface area contributed by atoms with E-state index in [0.717, 1.165) is 5.69 Å². The van der Waals surface area contributed by atoms with Crippen LogP contribution in [0.15, 0.2) is 18.2 Å². The largest absolute Gasteiger partial charge is 0.397 e. The second-order valence-electron chi connectivity index (χ2n) is 5.03. The van der Waals surface area contributed by atoms with E-state index in [2.05, 4.69) is 0 Å². The highest BCUT2D eigenvalue weighted by molar-refractivity contribution is 5.96. The van der Waals surface area contributed by atoms with E-state index < -0.39 is 0 Å². The van der Waals surface area contributed by atoms with Crippen molar-refractivity contribution < 1.29 is 9.90 Å². The first-order valence-corrected chi connectivity index (χ1v) is 6.33. The van der Waals surface area contributed by atoms with Crippen molar-refractivity contribution in [2.75, 3.05) is 38.3 Å². The molecule has 0 fully saturated rings. The molecule has 1 rings (SSSR count). The molecule has 0 radical (unpaired) electrons. The quantitative estimate of drug-likeness (QED) is 0.784. The van der Waals surface area contributed by atoms with Crippen LogP contribution in [-0.4, -0.2) is 49.7 Å². The summed E-state index contributed by atoms with van der Waals surface area (Å²) in [7, 11) is 5.34. The van der Waals surface area contributed by atoms with Gasteiger partial charge in [0.05, 0.1) is 17.5 Å². The molecule has 0 bridgehead atoms. The molecule has 1 amide bonds. The molecule has 5 nitrogen and oxygen atoms in total. The maximum Gasteiger partial charge on any atom is 0.253 e. The molecule has 3 N–H and O–H groups in total. The van der Waals surface area contributed by atoms with Gasteiger partial charge in [-0.15, -0.1) is 0 Å². The molecular formula is C14H23N3O2. The zero-order valence-electron chi connectivity index (χ0n) is 12.1. The van der Waals surface area contributed by atoms with Gasteiger partial charge in [-0.2, -0.15) is 0 Å². The van der Waals surface area contributed by atoms with Gasteiger partial charge in [0.25, 0.3) is 5.91 Å². The summed E-state index contributed by atoms with van der Waals surface area (Å²) in [5, 5.41) is 9.31. The number of hydrogen-bond donors (Lipinski definition) is 2. The molecule has 1 atom stereocenters. The van der Waals surface area contributed by atoms with Gasteiger partial charge in [0.15, 0.2) is 0 Å². The van der Waals surface area contributed by atoms with E-state index in [1.807, 2.05) is 11.9 Å². The van der Waals surface area contributed by atoms with Gasteiger partial charge in [-0.1, -0.05) is 0 Å². The summed E-state index contributed by atoms with van der Waals surface area (Å²) < 4.78 is 0. The number of nitrogens with two attached hydrogens (primary N) is 1. The Kier molecular flexibility index (Phi) is 5.18. The number of aliphatic hydroxyl groups excluding tert-OH is 1. The van der Waals surface area contributed by atoms with E-state index >= 15 is 0 Å². The molecule has 0 saturated heterocycles. The molecule has 106 valence electrons. The number of carbonyl (C=O) groups excluding carboxylic acids is 1. The van der Waals surface area contributed by atoms with Crippen LogP contribution in [0.2, 0.25) is 0 Å². The molecule has 1 unspecified atom stereocenters. The number of aliphatic hydroxyl groups is 1. The molecule has 5 heteroatoms. The fourth-order valence-electron chi connectivity index (χ4n) is 1.77. The number of benzene rings is 1. The molecule has 1 aromatic carbocycles. The van der Waals surface area contributed by atoms with E-state index in [1.54, 1.807) is 39.2 Å². The summed E-state index contributed by atoms with van der Waals surface area (Å²) in [5.41, 5.74) is 7.99. The lowest BCUT2D eigenvalue weighted by Gasteiger charge is -2.23. The van der Waals surface area contributed by atoms with Crippen molar-refractivity contribution in [3.8, 4) is 0 Å². The van der Waals surface area contributed by atoms with Crippen molar-refractivity contribution in [3.05, 3.63) is 23.8 Å². The fraction of sp³-hybridized carbons (Fsp3) is 0.500. The highest BCUT2D eigenvalue weighted by Gasteiger charge is 2.13. The maximum absolute atomic E-state index is 11.9. The Morgan fingerprint density at radius 1 is 1.37 bits per heavy atom. The normalized spacial score (nSPS) is 12.1. The Hall–Kier alpha value is -1.75. The molecule has 0 aliphatic heterocycles. The van der Waals surface area contributed by atoms with Crippen molar-refractivity contribution >= 4 is 17.3 Å². The van der Waals surface area contributed by atoms with Gasteiger partial charge in [0, 0.05) is 33.3 Å². The van der Waals surface area contributed by atoms with E-state index in [-0.39, 0.29) is 12.0 Å². The molecule has 0 spiro atoms. The molecule has 0 heterocycles. The monoisotopic (exact) mass is 265 g/mol. The Morgan fingerprint density at radius 2 is 2.00 bits per heavy atom. The van der Waals surface area contributed by atoms with Gasteiger partial charge in [-0.05, 0) is 31.5 Å². The lowest BCUT2D eigenvalue weighted by Crippen LogP contribution is -2.25. The number of anilines is 2. The van der Waals surface area contributed by atoms with Crippen LogP contribution in [0.5, 0.6) is 0 Å². The first-order valence-electron chi connectivity index (χ1n) is 6.33. The third-order valence-electron chi connectivity index (χ3n) is 2.98. The van der Waals surface area contributed by atoms with Crippen LogP contribution >= 0.6 is 0 Å². The number of rotatable bonds is 5. The maximum atomic E-state index is 11.9. The molecule has 0 aliphatic carbocycles. The average Bonchev–Trinajstić information content (AvgIpc) is 2.35. The number of carbonyl (C=O) groups is 1. The summed E-state index contributed by atoms with van der Waals surface area (Å²) >= 11 is 0. The average molecular weight is 265 g/mol. The third-order valence-corrected chi connectivity index (χ3v) is 2.98. The Bertz CT molecular complexity index is 444. The van der Waals surface area contributed by atoms with Crippen molar-refractivity contribution in [2.24, 2.45) is 0 Å². The Labute approximate surface area is 114 Å². The lowest BCUT2D eigenvalue weighted by atomic mass is 10.1. The second-order valence-corrected chi connectivity index (χ2v) is 5.03. The molecule has 0 aromatic heterocycles. The number of nitrogens with zero attached hydrogens (tertiary/aromatic N) is 2. The van der Waals surface area contributed by atoms with E-state index in [0.29, 0.717) is 24.2 Å². The minimum absolute atomic E-state index is 0.0508. The number of nitrogen functional groups attached to an aromatic ring is 1. The fourth-order valence-corrected chi connectivity index (χ4v) is 1.77. The van der Waals surface area contributed by atoms with Crippen LogP contribution in [0.4, 0.5) is 11.4 Å². The lowest BCUT2D eigenvalue weighted by molar-refractivity contribution is 0.0827. The van der Waals surface area contributed by atoms with Crippen molar-refractivity contribution in [3.63, 3.8) is 0 Å². The van der Waals surface area contributed by atoms with E-state index in [1.165, 1.54) is 4.90 Å². The molecule has 0 saturated carbocycles. The van der Waals surface area contributed by atoms with Gasteiger partial charge < -0.3 is 20.6 Å². The van der Waals surface area contributed by atoms with Gasteiger partial charge in [-0.3, -0.25) is 4.79 Å². The van der Waals surface area contributed by atoms with Crippen molar-refractivity contribution in [1.29, 1.82) is 0 Å². The van der Waals surface area contributed by atoms with Crippen LogP contribution < -0.4 is 10.6 Å². The summed E-state index contributed by atoms with van der Waals surface area (Å²) in [5.74, 6) is -0.0508. The molecule has 0 aliphatic rings. The minimum atomic E-state index is -0.352. The Balaban J connectivity index is 2.93. The van der Waals surface area contributed by atoms with Crippen LogP contribution in [0.25, 0.3) is 0 Å². The van der Waals surface area contributed by atoms with Crippen LogP contribution in [0.1, 0.15) is 23.7 Å². The van der Waals surface area contributed by atoms with E-state index in [9.17, 15) is 9.90 Å². The second kappa shape index (κ2) is 6.43. The molecule has 19 heavy (non-hydrogen) atoms. The highest BCUT2D eigenvalue weighted by Crippen LogP contribution is 2.24. The number of hydrogen-bond acceptors (Lipinski definition) is 4. The summed E-state index contributed by atoms with van der Waals surface area (Å²) in [6, 6.07) is 5.26. The summed E-state index contributed by atoms with van der Waals surface area (Å²) in [4.78, 5) is 15.4. The van der Waals surface area contributed by atoms with E-state index in [4.69, 9.17) is 5.73 Å². The highest BCUT2D eigenvalue weighted by atomic mass is 16.3. The molecule has 1 aromatic rings. The minimum Gasteiger partial charge on any atom is -0.397 e. The van der Waals surface area contributed by atoms with Crippen molar-refractivity contribution in [2.45, 2.75) is 19.4 Å². The first kappa shape index (κ1) is 15.3. The van der Waals surface area contributed by atoms with Gasteiger partial charge in [0.2, 0.25) is 0 Å². The predicted molar refractivity (Wildman–Crippen MR) is 78.4 cm³/mol. The van der Waals surface area contributed by atoms with Crippen LogP contribution in [0, 0.1) is 0 Å². The van der Waals surface area contributed by atoms with Crippen molar-refractivity contribution in [1.82, 2.24) is 4.90 Å². The van der Waals surface area contributed by atoms with Crippen LogP contribution in [0.3, 0.4) is 0 Å². The van der Waals surface area contributed by atoms with Gasteiger partial charge >= 0.3 is 0 Å². The third kappa shape index (κ3) is 4.13. The standard InChI is InChI=1S/C14H23N3O2/c1-10(18)7-8-17(4)13-9-11(5-6-12(13)15)14(19)16(2)3/h5-6,9-10,18H,7-8,15H2,1-4H3. The smallest absolute Gasteiger partial charge is 0.253 e. The van der Waals surface area contributed by atoms with Gasteiger partial charge in [-0.25, -0.2) is 0 Å².